The summed E-state index contributed by atoms with van der Waals surface area (Å²) in [4.78, 5) is 0. The molecule has 2 aromatic carbocycles. The molecule has 0 amide bonds. The first-order chi connectivity index (χ1) is 9.70. The first-order valence-electron chi connectivity index (χ1n) is 6.39. The maximum atomic E-state index is 13.7. The van der Waals surface area contributed by atoms with Crippen LogP contribution in [0.5, 0.6) is 0 Å². The van der Waals surface area contributed by atoms with Crippen molar-refractivity contribution in [2.75, 3.05) is 0 Å². The van der Waals surface area contributed by atoms with Crippen molar-refractivity contribution in [1.29, 1.82) is 0 Å². The van der Waals surface area contributed by atoms with Crippen LogP contribution in [-0.2, 0) is 12.0 Å². The highest BCUT2D eigenvalue weighted by Gasteiger charge is 2.26. The van der Waals surface area contributed by atoms with Gasteiger partial charge in [-0.15, -0.1) is 0 Å². The molecule has 0 bridgehead atoms. The van der Waals surface area contributed by atoms with Crippen LogP contribution in [-0.4, -0.2) is 0 Å². The second kappa shape index (κ2) is 5.91. The number of hydrogen-bond donors (Lipinski definition) is 1. The molecule has 1 unspecified atom stereocenters. The lowest BCUT2D eigenvalue weighted by atomic mass is 9.85. The Morgan fingerprint density at radius 2 is 1.76 bits per heavy atom. The minimum Gasteiger partial charge on any atom is -0.321 e. The van der Waals surface area contributed by atoms with Crippen LogP contribution in [0.15, 0.2) is 30.3 Å². The maximum Gasteiger partial charge on any atom is 0.142 e. The Morgan fingerprint density at radius 1 is 1.10 bits per heavy atom. The Kier molecular flexibility index (Phi) is 4.57. The fraction of sp³-hybridized carbons (Fsp3) is 0.250. The Hall–Kier alpha value is -1.16. The summed E-state index contributed by atoms with van der Waals surface area (Å²) in [6.45, 7) is 3.60. The number of nitrogens with two attached hydrogens (primary N) is 1. The quantitative estimate of drug-likeness (QED) is 0.788. The van der Waals surface area contributed by atoms with E-state index in [2.05, 4.69) is 0 Å². The van der Waals surface area contributed by atoms with Crippen molar-refractivity contribution >= 4 is 23.2 Å². The average molecular weight is 330 g/mol. The summed E-state index contributed by atoms with van der Waals surface area (Å²) < 4.78 is 27.0. The lowest BCUT2D eigenvalue weighted by molar-refractivity contribution is 0.483. The molecule has 0 saturated carbocycles. The van der Waals surface area contributed by atoms with Crippen LogP contribution in [0, 0.1) is 18.6 Å². The van der Waals surface area contributed by atoms with E-state index in [4.69, 9.17) is 28.9 Å². The predicted molar refractivity (Wildman–Crippen MR) is 82.8 cm³/mol. The van der Waals surface area contributed by atoms with E-state index >= 15 is 0 Å². The Labute approximate surface area is 132 Å². The van der Waals surface area contributed by atoms with Gasteiger partial charge >= 0.3 is 0 Å². The Morgan fingerprint density at radius 3 is 2.43 bits per heavy atom. The molecule has 0 fully saturated rings. The first kappa shape index (κ1) is 16.2. The summed E-state index contributed by atoms with van der Waals surface area (Å²) in [5.74, 6) is -0.913. The van der Waals surface area contributed by atoms with E-state index in [0.717, 1.165) is 11.1 Å². The molecule has 0 spiro atoms. The number of benzene rings is 2. The van der Waals surface area contributed by atoms with Crippen LogP contribution < -0.4 is 5.73 Å². The third-order valence-corrected chi connectivity index (χ3v) is 4.10. The summed E-state index contributed by atoms with van der Waals surface area (Å²) in [6, 6.07) is 7.07. The molecule has 2 aromatic rings. The van der Waals surface area contributed by atoms with Gasteiger partial charge in [-0.05, 0) is 61.2 Å². The lowest BCUT2D eigenvalue weighted by Gasteiger charge is -2.27. The molecule has 1 atom stereocenters. The van der Waals surface area contributed by atoms with Gasteiger partial charge in [0.15, 0.2) is 0 Å². The molecule has 2 rings (SSSR count). The average Bonchev–Trinajstić information content (AvgIpc) is 2.37. The largest absolute Gasteiger partial charge is 0.321 e. The zero-order chi connectivity index (χ0) is 15.8. The standard InChI is InChI=1S/C16H15Cl2F2N/c1-9-3-4-11(19)5-10(9)8-16(2,21)12-6-15(20)14(18)7-13(12)17/h3-7H,8,21H2,1-2H3. The third-order valence-electron chi connectivity index (χ3n) is 3.49. The zero-order valence-corrected chi connectivity index (χ0v) is 13.2. The van der Waals surface area contributed by atoms with Crippen molar-refractivity contribution in [1.82, 2.24) is 0 Å². The topological polar surface area (TPSA) is 26.0 Å². The fourth-order valence-electron chi connectivity index (χ4n) is 2.28. The summed E-state index contributed by atoms with van der Waals surface area (Å²) in [5.41, 5.74) is 7.46. The summed E-state index contributed by atoms with van der Waals surface area (Å²) in [7, 11) is 0. The molecule has 0 radical (unpaired) electrons. The van der Waals surface area contributed by atoms with Crippen molar-refractivity contribution in [3.63, 3.8) is 0 Å². The highest BCUT2D eigenvalue weighted by molar-refractivity contribution is 6.35. The minimum absolute atomic E-state index is 0.0542. The molecule has 0 saturated heterocycles. The van der Waals surface area contributed by atoms with Gasteiger partial charge in [0.05, 0.1) is 5.02 Å². The van der Waals surface area contributed by atoms with E-state index < -0.39 is 11.4 Å². The van der Waals surface area contributed by atoms with Crippen molar-refractivity contribution in [3.05, 3.63) is 68.7 Å². The van der Waals surface area contributed by atoms with Gasteiger partial charge in [-0.2, -0.15) is 0 Å². The van der Waals surface area contributed by atoms with Gasteiger partial charge < -0.3 is 5.73 Å². The first-order valence-corrected chi connectivity index (χ1v) is 7.15. The molecule has 5 heteroatoms. The minimum atomic E-state index is -0.943. The molecular formula is C16H15Cl2F2N. The number of halogens is 4. The molecule has 112 valence electrons. The van der Waals surface area contributed by atoms with Crippen molar-refractivity contribution < 1.29 is 8.78 Å². The van der Waals surface area contributed by atoms with E-state index in [0.29, 0.717) is 17.0 Å². The second-order valence-electron chi connectivity index (χ2n) is 5.41. The molecule has 0 heterocycles. The van der Waals surface area contributed by atoms with Gasteiger partial charge in [0.25, 0.3) is 0 Å². The van der Waals surface area contributed by atoms with Gasteiger partial charge in [-0.1, -0.05) is 29.3 Å². The summed E-state index contributed by atoms with van der Waals surface area (Å²) >= 11 is 11.8. The smallest absolute Gasteiger partial charge is 0.142 e. The van der Waals surface area contributed by atoms with Gasteiger partial charge in [-0.25, -0.2) is 8.78 Å². The van der Waals surface area contributed by atoms with E-state index in [1.54, 1.807) is 13.0 Å². The van der Waals surface area contributed by atoms with Gasteiger partial charge in [0.2, 0.25) is 0 Å². The monoisotopic (exact) mass is 329 g/mol. The SMILES string of the molecule is Cc1ccc(F)cc1CC(C)(N)c1cc(F)c(Cl)cc1Cl. The fourth-order valence-corrected chi connectivity index (χ4v) is 2.88. The normalized spacial score (nSPS) is 14.0. The molecule has 2 N–H and O–H groups in total. The van der Waals surface area contributed by atoms with Crippen LogP contribution in [0.2, 0.25) is 10.0 Å². The number of rotatable bonds is 3. The van der Waals surface area contributed by atoms with Crippen LogP contribution in [0.4, 0.5) is 8.78 Å². The summed E-state index contributed by atoms with van der Waals surface area (Å²) in [5, 5.41) is 0.238. The maximum absolute atomic E-state index is 13.7. The molecular weight excluding hydrogens is 315 g/mol. The van der Waals surface area contributed by atoms with Crippen molar-refractivity contribution in [2.45, 2.75) is 25.8 Å². The van der Waals surface area contributed by atoms with Crippen LogP contribution >= 0.6 is 23.2 Å². The molecule has 0 aliphatic heterocycles. The van der Waals surface area contributed by atoms with Crippen LogP contribution in [0.1, 0.15) is 23.6 Å². The lowest BCUT2D eigenvalue weighted by Crippen LogP contribution is -2.36. The van der Waals surface area contributed by atoms with Crippen molar-refractivity contribution in [3.8, 4) is 0 Å². The Balaban J connectivity index is 2.42. The van der Waals surface area contributed by atoms with Crippen LogP contribution in [0.3, 0.4) is 0 Å². The van der Waals surface area contributed by atoms with Gasteiger partial charge in [0.1, 0.15) is 11.6 Å². The molecule has 0 aromatic heterocycles. The summed E-state index contributed by atoms with van der Waals surface area (Å²) in [6.07, 6.45) is 0.331. The molecule has 21 heavy (non-hydrogen) atoms. The second-order valence-corrected chi connectivity index (χ2v) is 6.23. The van der Waals surface area contributed by atoms with E-state index in [1.165, 1.54) is 24.3 Å². The third kappa shape index (κ3) is 3.54. The van der Waals surface area contributed by atoms with Gasteiger partial charge in [0, 0.05) is 10.6 Å². The van der Waals surface area contributed by atoms with Crippen molar-refractivity contribution in [2.24, 2.45) is 5.73 Å². The van der Waals surface area contributed by atoms with E-state index in [1.807, 2.05) is 6.92 Å². The Bertz CT molecular complexity index is 684. The molecule has 1 nitrogen and oxygen atoms in total. The number of aryl methyl sites for hydroxylation is 1. The number of hydrogen-bond acceptors (Lipinski definition) is 1. The van der Waals surface area contributed by atoms with Gasteiger partial charge in [-0.3, -0.25) is 0 Å². The molecule has 0 aliphatic rings. The predicted octanol–water partition coefficient (Wildman–Crippen LogP) is 5.00. The highest BCUT2D eigenvalue weighted by Crippen LogP contribution is 2.33. The van der Waals surface area contributed by atoms with Crippen LogP contribution in [0.25, 0.3) is 0 Å². The van der Waals surface area contributed by atoms with E-state index in [-0.39, 0.29) is 10.8 Å². The zero-order valence-electron chi connectivity index (χ0n) is 11.7. The molecule has 0 aliphatic carbocycles. The highest BCUT2D eigenvalue weighted by atomic mass is 35.5. The van der Waals surface area contributed by atoms with E-state index in [9.17, 15) is 8.78 Å².